The van der Waals surface area contributed by atoms with Crippen LogP contribution in [0.5, 0.6) is 0 Å². The van der Waals surface area contributed by atoms with Crippen molar-refractivity contribution in [1.82, 2.24) is 0 Å². The zero-order valence-corrected chi connectivity index (χ0v) is 51.7. The summed E-state index contributed by atoms with van der Waals surface area (Å²) < 4.78 is 10.8. The van der Waals surface area contributed by atoms with Gasteiger partial charge in [-0.15, -0.1) is 0 Å². The van der Waals surface area contributed by atoms with E-state index in [9.17, 15) is 14.7 Å². The second-order valence-electron chi connectivity index (χ2n) is 22.5. The molecule has 0 aromatic carbocycles. The van der Waals surface area contributed by atoms with Crippen LogP contribution in [0.1, 0.15) is 335 Å². The highest BCUT2D eigenvalue weighted by atomic mass is 16.6. The van der Waals surface area contributed by atoms with Gasteiger partial charge >= 0.3 is 11.9 Å². The van der Waals surface area contributed by atoms with E-state index in [1.165, 1.54) is 225 Å². The molecule has 0 aliphatic carbocycles. The van der Waals surface area contributed by atoms with E-state index in [1.54, 1.807) is 0 Å². The van der Waals surface area contributed by atoms with Crippen LogP contribution in [0.4, 0.5) is 0 Å². The fourth-order valence-corrected chi connectivity index (χ4v) is 9.83. The molecule has 0 aromatic heterocycles. The molecule has 0 heterocycles. The minimum atomic E-state index is -0.775. The summed E-state index contributed by atoms with van der Waals surface area (Å²) in [6.45, 7) is 4.05. The predicted molar refractivity (Wildman–Crippen MR) is 343 cm³/mol. The van der Waals surface area contributed by atoms with Crippen molar-refractivity contribution in [3.05, 3.63) is 97.2 Å². The molecule has 0 fully saturated rings. The number of aliphatic hydroxyl groups excluding tert-OH is 1. The van der Waals surface area contributed by atoms with E-state index in [4.69, 9.17) is 9.47 Å². The Morgan fingerprint density at radius 1 is 0.308 bits per heavy atom. The number of esters is 2. The number of aliphatic hydroxyl groups is 1. The highest BCUT2D eigenvalue weighted by molar-refractivity contribution is 5.70. The van der Waals surface area contributed by atoms with Crippen LogP contribution in [0, 0.1) is 0 Å². The summed E-state index contributed by atoms with van der Waals surface area (Å²) >= 11 is 0. The van der Waals surface area contributed by atoms with E-state index < -0.39 is 6.10 Å². The standard InChI is InChI=1S/C73H128O5/c1-3-5-7-9-11-13-15-17-19-21-23-25-27-29-30-31-32-33-34-35-36-37-38-39-40-41-42-44-46-48-50-52-54-56-58-60-62-64-66-68-73(76)78-71(69-74)70-77-72(75)67-65-63-61-59-57-55-53-51-49-47-45-43-28-26-24-22-20-18-16-14-12-10-8-6-4-2/h5,7,11,13,16-19,22-25,29-30,32-33,71,74H,3-4,6,8-10,12,14-15,20-21,26-28,31,34-70H2,1-2H3/b7-5-,13-11-,18-16-,19-17-,24-22-,25-23-,30-29-,33-32-. The molecule has 0 rings (SSSR count). The number of carbonyl (C=O) groups excluding carboxylic acids is 2. The Morgan fingerprint density at radius 3 is 0.833 bits per heavy atom. The lowest BCUT2D eigenvalue weighted by atomic mass is 10.0. The second kappa shape index (κ2) is 68.1. The van der Waals surface area contributed by atoms with Crippen LogP contribution < -0.4 is 0 Å². The number of rotatable bonds is 62. The maximum Gasteiger partial charge on any atom is 0.306 e. The van der Waals surface area contributed by atoms with Gasteiger partial charge in [0.1, 0.15) is 6.61 Å². The molecule has 0 aromatic rings. The Balaban J connectivity index is 3.44. The summed E-state index contributed by atoms with van der Waals surface area (Å²) in [5, 5.41) is 9.69. The van der Waals surface area contributed by atoms with Gasteiger partial charge in [0.05, 0.1) is 6.61 Å². The monoisotopic (exact) mass is 1080 g/mol. The molecule has 0 radical (unpaired) electrons. The Labute approximate surface area is 485 Å². The molecule has 5 heteroatoms. The minimum Gasteiger partial charge on any atom is -0.462 e. The van der Waals surface area contributed by atoms with Crippen LogP contribution in [0.25, 0.3) is 0 Å². The number of hydrogen-bond donors (Lipinski definition) is 1. The predicted octanol–water partition coefficient (Wildman–Crippen LogP) is 23.4. The van der Waals surface area contributed by atoms with Crippen molar-refractivity contribution in [1.29, 1.82) is 0 Å². The quantitative estimate of drug-likeness (QED) is 0.0373. The van der Waals surface area contributed by atoms with Crippen molar-refractivity contribution < 1.29 is 24.2 Å². The maximum atomic E-state index is 12.4. The Kier molecular flexibility index (Phi) is 65.3. The first-order chi connectivity index (χ1) is 38.6. The first-order valence-corrected chi connectivity index (χ1v) is 33.8. The second-order valence-corrected chi connectivity index (χ2v) is 22.5. The molecule has 0 amide bonds. The number of hydrogen-bond acceptors (Lipinski definition) is 5. The van der Waals surface area contributed by atoms with Crippen molar-refractivity contribution in [2.24, 2.45) is 0 Å². The van der Waals surface area contributed by atoms with Crippen molar-refractivity contribution >= 4 is 11.9 Å². The zero-order valence-electron chi connectivity index (χ0n) is 51.7. The van der Waals surface area contributed by atoms with Crippen LogP contribution >= 0.6 is 0 Å². The van der Waals surface area contributed by atoms with Crippen LogP contribution in [-0.4, -0.2) is 36.4 Å². The molecule has 450 valence electrons. The Morgan fingerprint density at radius 2 is 0.551 bits per heavy atom. The van der Waals surface area contributed by atoms with Gasteiger partial charge in [-0.3, -0.25) is 9.59 Å². The molecule has 0 saturated carbocycles. The first-order valence-electron chi connectivity index (χ1n) is 33.8. The average molecular weight is 1090 g/mol. The first kappa shape index (κ1) is 74.8. The Bertz CT molecular complexity index is 1460. The smallest absolute Gasteiger partial charge is 0.306 e. The molecule has 0 aliphatic heterocycles. The molecule has 1 atom stereocenters. The summed E-state index contributed by atoms with van der Waals surface area (Å²) in [6.07, 6.45) is 97.1. The van der Waals surface area contributed by atoms with Crippen molar-refractivity contribution in [2.75, 3.05) is 13.2 Å². The van der Waals surface area contributed by atoms with Gasteiger partial charge in [0, 0.05) is 12.8 Å². The number of allylic oxidation sites excluding steroid dienone is 16. The van der Waals surface area contributed by atoms with Crippen LogP contribution in [0.15, 0.2) is 97.2 Å². The molecule has 0 spiro atoms. The molecule has 1 unspecified atom stereocenters. The minimum absolute atomic E-state index is 0.0651. The maximum absolute atomic E-state index is 12.4. The van der Waals surface area contributed by atoms with E-state index in [1.807, 2.05) is 0 Å². The number of carbonyl (C=O) groups is 2. The lowest BCUT2D eigenvalue weighted by Gasteiger charge is -2.15. The van der Waals surface area contributed by atoms with E-state index in [-0.39, 0.29) is 25.2 Å². The largest absolute Gasteiger partial charge is 0.462 e. The van der Waals surface area contributed by atoms with Gasteiger partial charge < -0.3 is 14.6 Å². The number of ether oxygens (including phenoxy) is 2. The van der Waals surface area contributed by atoms with Gasteiger partial charge in [-0.1, -0.05) is 323 Å². The molecule has 0 saturated heterocycles. The Hall–Kier alpha value is -3.18. The molecular formula is C73H128O5. The average Bonchev–Trinajstić information content (AvgIpc) is 3.44. The summed E-state index contributed by atoms with van der Waals surface area (Å²) in [5.41, 5.74) is 0. The van der Waals surface area contributed by atoms with Gasteiger partial charge in [0.15, 0.2) is 6.10 Å². The lowest BCUT2D eigenvalue weighted by molar-refractivity contribution is -0.161. The highest BCUT2D eigenvalue weighted by Gasteiger charge is 2.16. The van der Waals surface area contributed by atoms with Crippen LogP contribution in [0.3, 0.4) is 0 Å². The molecule has 0 aliphatic rings. The third kappa shape index (κ3) is 65.3. The van der Waals surface area contributed by atoms with Gasteiger partial charge in [0.25, 0.3) is 0 Å². The van der Waals surface area contributed by atoms with Gasteiger partial charge in [-0.25, -0.2) is 0 Å². The highest BCUT2D eigenvalue weighted by Crippen LogP contribution is 2.18. The van der Waals surface area contributed by atoms with E-state index in [0.29, 0.717) is 12.8 Å². The van der Waals surface area contributed by atoms with Gasteiger partial charge in [-0.05, 0) is 96.3 Å². The summed E-state index contributed by atoms with van der Waals surface area (Å²) in [5.74, 6) is -0.578. The number of unbranched alkanes of at least 4 members (excludes halogenated alkanes) is 38. The normalized spacial score (nSPS) is 12.8. The van der Waals surface area contributed by atoms with Gasteiger partial charge in [-0.2, -0.15) is 0 Å². The molecule has 0 bridgehead atoms. The third-order valence-electron chi connectivity index (χ3n) is 14.9. The molecule has 5 nitrogen and oxygen atoms in total. The molecule has 78 heavy (non-hydrogen) atoms. The zero-order chi connectivity index (χ0) is 56.2. The summed E-state index contributed by atoms with van der Waals surface area (Å²) in [4.78, 5) is 24.6. The van der Waals surface area contributed by atoms with Gasteiger partial charge in [0.2, 0.25) is 0 Å². The fourth-order valence-electron chi connectivity index (χ4n) is 9.83. The topological polar surface area (TPSA) is 72.8 Å². The summed E-state index contributed by atoms with van der Waals surface area (Å²) in [6, 6.07) is 0. The lowest BCUT2D eigenvalue weighted by Crippen LogP contribution is -2.28. The van der Waals surface area contributed by atoms with Crippen molar-refractivity contribution in [3.8, 4) is 0 Å². The molecule has 1 N–H and O–H groups in total. The third-order valence-corrected chi connectivity index (χ3v) is 14.9. The molecular weight excluding hydrogens is 957 g/mol. The SMILES string of the molecule is CC/C=C\C/C=C\C/C=C\C/C=C\C/C=C\C/C=C\CCCCCCCCCCCCCCCCCCCCCCC(=O)OC(CO)COC(=O)CCCCCCCCCCCCCCC/C=C\C/C=C\CCCCCCC. The van der Waals surface area contributed by atoms with Crippen molar-refractivity contribution in [3.63, 3.8) is 0 Å². The summed E-state index contributed by atoms with van der Waals surface area (Å²) in [7, 11) is 0. The van der Waals surface area contributed by atoms with E-state index in [0.717, 1.165) is 83.5 Å². The van der Waals surface area contributed by atoms with E-state index in [2.05, 4.69) is 111 Å². The van der Waals surface area contributed by atoms with Crippen molar-refractivity contribution in [2.45, 2.75) is 341 Å². The van der Waals surface area contributed by atoms with Crippen LogP contribution in [0.2, 0.25) is 0 Å². The van der Waals surface area contributed by atoms with Crippen LogP contribution in [-0.2, 0) is 19.1 Å². The van der Waals surface area contributed by atoms with E-state index >= 15 is 0 Å². The fraction of sp³-hybridized carbons (Fsp3) is 0.753.